The molecule has 2 aliphatic rings. The van der Waals surface area contributed by atoms with E-state index in [1.165, 1.54) is 0 Å². The number of carbonyl (C=O) groups excluding carboxylic acids is 1. The van der Waals surface area contributed by atoms with E-state index in [9.17, 15) is 4.79 Å². The zero-order chi connectivity index (χ0) is 24.7. The largest absolute Gasteiger partial charge is 0.439 e. The van der Waals surface area contributed by atoms with E-state index in [0.29, 0.717) is 17.6 Å². The van der Waals surface area contributed by atoms with Crippen molar-refractivity contribution in [3.05, 3.63) is 65.5 Å². The van der Waals surface area contributed by atoms with Crippen molar-refractivity contribution < 1.29 is 14.3 Å². The molecule has 1 aromatic carbocycles. The number of carbonyl (C=O) groups is 1. The molecule has 184 valence electrons. The summed E-state index contributed by atoms with van der Waals surface area (Å²) in [5, 5.41) is 2.72. The van der Waals surface area contributed by atoms with Gasteiger partial charge in [0.1, 0.15) is 29.3 Å². The van der Waals surface area contributed by atoms with E-state index >= 15 is 0 Å². The second-order valence-electron chi connectivity index (χ2n) is 9.80. The maximum Gasteiger partial charge on any atom is 0.413 e. The molecule has 4 aromatic rings. The van der Waals surface area contributed by atoms with Gasteiger partial charge in [0.15, 0.2) is 0 Å². The van der Waals surface area contributed by atoms with Crippen molar-refractivity contribution in [2.45, 2.75) is 58.0 Å². The van der Waals surface area contributed by atoms with E-state index in [1.54, 1.807) is 12.5 Å². The third-order valence-corrected chi connectivity index (χ3v) is 7.32. The number of hydrogen-bond acceptors (Lipinski definition) is 7. The molecular weight excluding hydrogens is 456 g/mol. The Morgan fingerprint density at radius 1 is 1.14 bits per heavy atom. The number of nitrogens with one attached hydrogen (secondary N) is 2. The average Bonchev–Trinajstić information content (AvgIpc) is 3.25. The SMILES string of the molecule is Cc1nc2c(C)cc(Oc3cc(CCC4CCC5(CC4)OC(=O)Nc4ncccc45)ncn3)cc2[nH]1. The zero-order valence-electron chi connectivity index (χ0n) is 20.4. The van der Waals surface area contributed by atoms with Crippen LogP contribution in [0.15, 0.2) is 42.9 Å². The summed E-state index contributed by atoms with van der Waals surface area (Å²) < 4.78 is 11.9. The summed E-state index contributed by atoms with van der Waals surface area (Å²) in [5.41, 5.74) is 4.33. The molecule has 0 atom stereocenters. The Kier molecular flexibility index (Phi) is 5.55. The van der Waals surface area contributed by atoms with Crippen molar-refractivity contribution in [3.63, 3.8) is 0 Å². The number of benzene rings is 1. The molecule has 1 aliphatic heterocycles. The Bertz CT molecular complexity index is 1440. The smallest absolute Gasteiger partial charge is 0.413 e. The zero-order valence-corrected chi connectivity index (χ0v) is 20.4. The minimum absolute atomic E-state index is 0.412. The van der Waals surface area contributed by atoms with E-state index < -0.39 is 11.7 Å². The number of aromatic amines is 1. The van der Waals surface area contributed by atoms with Crippen LogP contribution in [0.2, 0.25) is 0 Å². The summed E-state index contributed by atoms with van der Waals surface area (Å²) in [4.78, 5) is 33.0. The van der Waals surface area contributed by atoms with Crippen LogP contribution < -0.4 is 10.1 Å². The number of amides is 1. The molecule has 4 heterocycles. The van der Waals surface area contributed by atoms with E-state index in [2.05, 4.69) is 30.2 Å². The number of anilines is 1. The van der Waals surface area contributed by atoms with Crippen LogP contribution in [-0.2, 0) is 16.8 Å². The highest BCUT2D eigenvalue weighted by Crippen LogP contribution is 2.47. The normalized spacial score (nSPS) is 21.2. The van der Waals surface area contributed by atoms with Crippen molar-refractivity contribution in [2.75, 3.05) is 5.32 Å². The third-order valence-electron chi connectivity index (χ3n) is 7.32. The van der Waals surface area contributed by atoms with Gasteiger partial charge in [-0.3, -0.25) is 5.32 Å². The van der Waals surface area contributed by atoms with Gasteiger partial charge in [-0.05, 0) is 82.1 Å². The number of ether oxygens (including phenoxy) is 2. The fourth-order valence-electron chi connectivity index (χ4n) is 5.51. The molecule has 0 radical (unpaired) electrons. The fraction of sp³-hybridized carbons (Fsp3) is 0.370. The monoisotopic (exact) mass is 484 g/mol. The number of aromatic nitrogens is 5. The van der Waals surface area contributed by atoms with Crippen LogP contribution >= 0.6 is 0 Å². The molecule has 1 amide bonds. The molecule has 3 aromatic heterocycles. The lowest BCUT2D eigenvalue weighted by Gasteiger charge is -2.42. The lowest BCUT2D eigenvalue weighted by molar-refractivity contribution is -0.0297. The molecule has 9 heteroatoms. The first-order valence-electron chi connectivity index (χ1n) is 12.4. The molecule has 9 nitrogen and oxygen atoms in total. The van der Waals surface area contributed by atoms with Gasteiger partial charge in [0.25, 0.3) is 0 Å². The molecule has 1 saturated carbocycles. The minimum Gasteiger partial charge on any atom is -0.439 e. The van der Waals surface area contributed by atoms with Gasteiger partial charge in [-0.25, -0.2) is 24.7 Å². The number of fused-ring (bicyclic) bond motifs is 3. The maximum atomic E-state index is 12.1. The Morgan fingerprint density at radius 3 is 2.86 bits per heavy atom. The van der Waals surface area contributed by atoms with Crippen LogP contribution in [0.3, 0.4) is 0 Å². The van der Waals surface area contributed by atoms with Gasteiger partial charge in [-0.2, -0.15) is 0 Å². The van der Waals surface area contributed by atoms with Crippen LogP contribution in [0.5, 0.6) is 11.6 Å². The Labute approximate surface area is 208 Å². The lowest BCUT2D eigenvalue weighted by atomic mass is 9.73. The Hall–Kier alpha value is -4.01. The summed E-state index contributed by atoms with van der Waals surface area (Å²) in [6, 6.07) is 9.75. The minimum atomic E-state index is -0.565. The summed E-state index contributed by atoms with van der Waals surface area (Å²) in [5.74, 6) is 3.29. The first-order chi connectivity index (χ1) is 17.5. The summed E-state index contributed by atoms with van der Waals surface area (Å²) in [6.07, 6.45) is 8.27. The van der Waals surface area contributed by atoms with E-state index in [0.717, 1.165) is 78.0 Å². The number of rotatable bonds is 5. The predicted molar refractivity (Wildman–Crippen MR) is 134 cm³/mol. The van der Waals surface area contributed by atoms with Crippen LogP contribution in [-0.4, -0.2) is 31.0 Å². The van der Waals surface area contributed by atoms with Crippen molar-refractivity contribution in [2.24, 2.45) is 5.92 Å². The number of pyridine rings is 1. The van der Waals surface area contributed by atoms with Crippen LogP contribution in [0, 0.1) is 19.8 Å². The van der Waals surface area contributed by atoms with Crippen LogP contribution in [0.25, 0.3) is 11.0 Å². The van der Waals surface area contributed by atoms with Crippen LogP contribution in [0.4, 0.5) is 10.6 Å². The number of H-pyrrole nitrogens is 1. The number of hydrogen-bond donors (Lipinski definition) is 2. The lowest BCUT2D eigenvalue weighted by Crippen LogP contribution is -2.42. The van der Waals surface area contributed by atoms with Gasteiger partial charge in [0, 0.05) is 29.6 Å². The highest BCUT2D eigenvalue weighted by atomic mass is 16.6. The van der Waals surface area contributed by atoms with E-state index in [-0.39, 0.29) is 0 Å². The topological polar surface area (TPSA) is 115 Å². The molecule has 0 bridgehead atoms. The van der Waals surface area contributed by atoms with Gasteiger partial charge >= 0.3 is 6.09 Å². The predicted octanol–water partition coefficient (Wildman–Crippen LogP) is 5.74. The van der Waals surface area contributed by atoms with Gasteiger partial charge in [0.2, 0.25) is 5.88 Å². The molecule has 0 unspecified atom stereocenters. The maximum absolute atomic E-state index is 12.1. The number of imidazole rings is 1. The van der Waals surface area contributed by atoms with Crippen molar-refractivity contribution >= 4 is 22.9 Å². The standard InChI is InChI=1S/C27H28N6O3/c1-16-12-20(14-22-24(16)32-17(2)31-22)35-23-13-19(29-15-30-23)6-5-18-7-9-27(10-8-18)21-4-3-11-28-25(21)33-26(34)36-27/h3-4,11-15,18H,5-10H2,1-2H3,(H,31,32)(H,28,33,34). The molecule has 1 fully saturated rings. The van der Waals surface area contributed by atoms with Gasteiger partial charge in [-0.15, -0.1) is 0 Å². The quantitative estimate of drug-likeness (QED) is 0.371. The highest BCUT2D eigenvalue weighted by Gasteiger charge is 2.45. The molecular formula is C27H28N6O3. The second-order valence-corrected chi connectivity index (χ2v) is 9.80. The molecule has 2 N–H and O–H groups in total. The van der Waals surface area contributed by atoms with Crippen LogP contribution in [0.1, 0.15) is 54.7 Å². The van der Waals surface area contributed by atoms with E-state index in [4.69, 9.17) is 9.47 Å². The summed E-state index contributed by atoms with van der Waals surface area (Å²) in [7, 11) is 0. The average molecular weight is 485 g/mol. The number of aryl methyl sites for hydroxylation is 3. The fourth-order valence-corrected chi connectivity index (χ4v) is 5.51. The molecule has 1 aliphatic carbocycles. The first-order valence-corrected chi connectivity index (χ1v) is 12.4. The molecule has 36 heavy (non-hydrogen) atoms. The Balaban J connectivity index is 1.09. The molecule has 6 rings (SSSR count). The first kappa shape index (κ1) is 22.5. The number of nitrogens with zero attached hydrogens (tertiary/aromatic N) is 4. The Morgan fingerprint density at radius 2 is 2.00 bits per heavy atom. The summed E-state index contributed by atoms with van der Waals surface area (Å²) in [6.45, 7) is 3.97. The molecule has 1 spiro atoms. The van der Waals surface area contributed by atoms with Gasteiger partial charge < -0.3 is 14.5 Å². The highest BCUT2D eigenvalue weighted by molar-refractivity contribution is 5.87. The molecule has 0 saturated heterocycles. The van der Waals surface area contributed by atoms with Gasteiger partial charge in [0.05, 0.1) is 11.0 Å². The third kappa shape index (κ3) is 4.25. The van der Waals surface area contributed by atoms with Crippen molar-refractivity contribution in [1.82, 2.24) is 24.9 Å². The van der Waals surface area contributed by atoms with Gasteiger partial charge in [-0.1, -0.05) is 0 Å². The van der Waals surface area contributed by atoms with Crippen molar-refractivity contribution in [3.8, 4) is 11.6 Å². The van der Waals surface area contributed by atoms with E-state index in [1.807, 2.05) is 44.2 Å². The van der Waals surface area contributed by atoms with Crippen molar-refractivity contribution in [1.29, 1.82) is 0 Å². The summed E-state index contributed by atoms with van der Waals surface area (Å²) >= 11 is 0. The second kappa shape index (κ2) is 8.89.